The fourth-order valence-electron chi connectivity index (χ4n) is 6.01. The average molecular weight is 499 g/mol. The van der Waals surface area contributed by atoms with Gasteiger partial charge in [0.05, 0.1) is 7.11 Å². The number of aryl methyl sites for hydroxylation is 1. The van der Waals surface area contributed by atoms with Crippen LogP contribution in [0.4, 0.5) is 5.69 Å². The second-order valence-corrected chi connectivity index (χ2v) is 10.5. The third kappa shape index (κ3) is 6.48. The van der Waals surface area contributed by atoms with Gasteiger partial charge in [-0.3, -0.25) is 4.90 Å². The third-order valence-electron chi connectivity index (χ3n) is 8.21. The molecule has 0 aromatic heterocycles. The topological polar surface area (TPSA) is 24.9 Å². The molecule has 4 heteroatoms. The number of para-hydroxylation sites is 1. The van der Waals surface area contributed by atoms with Crippen molar-refractivity contribution in [1.82, 2.24) is 4.90 Å². The van der Waals surface area contributed by atoms with Crippen molar-refractivity contribution in [1.29, 1.82) is 0 Å². The summed E-state index contributed by atoms with van der Waals surface area (Å²) >= 11 is 0. The van der Waals surface area contributed by atoms with E-state index in [1.165, 1.54) is 60.3 Å². The maximum absolute atomic E-state index is 6.00. The molecule has 0 saturated carbocycles. The summed E-state index contributed by atoms with van der Waals surface area (Å²) in [5.74, 6) is 2.51. The summed E-state index contributed by atoms with van der Waals surface area (Å²) in [6.07, 6.45) is 7.10. The first-order chi connectivity index (χ1) is 18.2. The first kappa shape index (κ1) is 25.7. The zero-order chi connectivity index (χ0) is 25.5. The lowest BCUT2D eigenvalue weighted by Gasteiger charge is -2.31. The zero-order valence-electron chi connectivity index (χ0n) is 22.6. The van der Waals surface area contributed by atoms with Crippen LogP contribution in [0.1, 0.15) is 54.4 Å². The Labute approximate surface area is 223 Å². The van der Waals surface area contributed by atoms with Crippen molar-refractivity contribution in [3.8, 4) is 11.5 Å². The predicted octanol–water partition coefficient (Wildman–Crippen LogP) is 6.51. The highest BCUT2D eigenvalue weighted by atomic mass is 16.5. The molecule has 2 aliphatic rings. The van der Waals surface area contributed by atoms with Crippen LogP contribution in [0, 0.1) is 0 Å². The highest BCUT2D eigenvalue weighted by Gasteiger charge is 2.24. The normalized spacial score (nSPS) is 17.4. The van der Waals surface area contributed by atoms with Crippen LogP contribution in [0.5, 0.6) is 11.5 Å². The van der Waals surface area contributed by atoms with Gasteiger partial charge in [0.1, 0.15) is 18.1 Å². The Morgan fingerprint density at radius 3 is 2.49 bits per heavy atom. The number of ether oxygens (including phenoxy) is 2. The molecule has 1 fully saturated rings. The molecule has 1 aliphatic carbocycles. The van der Waals surface area contributed by atoms with Crippen LogP contribution in [-0.4, -0.2) is 51.3 Å². The van der Waals surface area contributed by atoms with Crippen LogP contribution in [0.2, 0.25) is 0 Å². The molecule has 5 rings (SSSR count). The standard InChI is InChI=1S/C33H42N2O2/c1-3-35(21-18-26-10-15-30(16-11-26)37-23-22-34-19-6-7-20-34)33-9-5-4-8-32(33)29-13-12-28-25-31(36-2)17-14-27(28)24-29/h4-5,8-11,14-17,25,29H,3,6-7,12-13,18-24H2,1-2H3. The predicted molar refractivity (Wildman–Crippen MR) is 153 cm³/mol. The first-order valence-electron chi connectivity index (χ1n) is 14.2. The van der Waals surface area contributed by atoms with Crippen molar-refractivity contribution in [3.05, 3.63) is 89.0 Å². The van der Waals surface area contributed by atoms with Gasteiger partial charge in [0.25, 0.3) is 0 Å². The van der Waals surface area contributed by atoms with Gasteiger partial charge in [0.15, 0.2) is 0 Å². The number of methoxy groups -OCH3 is 1. The fourth-order valence-corrected chi connectivity index (χ4v) is 6.01. The number of likely N-dealkylation sites (tertiary alicyclic amines) is 1. The van der Waals surface area contributed by atoms with Gasteiger partial charge >= 0.3 is 0 Å². The molecular formula is C33H42N2O2. The number of fused-ring (bicyclic) bond motifs is 1. The van der Waals surface area contributed by atoms with E-state index >= 15 is 0 Å². The molecule has 3 aromatic carbocycles. The van der Waals surface area contributed by atoms with Crippen molar-refractivity contribution in [2.24, 2.45) is 0 Å². The number of hydrogen-bond donors (Lipinski definition) is 0. The van der Waals surface area contributed by atoms with E-state index < -0.39 is 0 Å². The second kappa shape index (κ2) is 12.5. The second-order valence-electron chi connectivity index (χ2n) is 10.5. The van der Waals surface area contributed by atoms with Gasteiger partial charge in [-0.05, 0) is 117 Å². The average Bonchev–Trinajstić information content (AvgIpc) is 3.47. The van der Waals surface area contributed by atoms with Gasteiger partial charge in [0.2, 0.25) is 0 Å². The van der Waals surface area contributed by atoms with Crippen molar-refractivity contribution in [3.63, 3.8) is 0 Å². The van der Waals surface area contributed by atoms with E-state index in [1.807, 2.05) is 0 Å². The largest absolute Gasteiger partial charge is 0.497 e. The molecule has 1 aliphatic heterocycles. The molecule has 0 N–H and O–H groups in total. The van der Waals surface area contributed by atoms with Crippen LogP contribution in [0.15, 0.2) is 66.7 Å². The molecule has 1 unspecified atom stereocenters. The van der Waals surface area contributed by atoms with Crippen LogP contribution in [-0.2, 0) is 19.3 Å². The highest BCUT2D eigenvalue weighted by Crippen LogP contribution is 2.38. The van der Waals surface area contributed by atoms with Gasteiger partial charge < -0.3 is 14.4 Å². The Morgan fingerprint density at radius 1 is 0.919 bits per heavy atom. The van der Waals surface area contributed by atoms with Crippen molar-refractivity contribution >= 4 is 5.69 Å². The fraction of sp³-hybridized carbons (Fsp3) is 0.455. The number of likely N-dealkylation sites (N-methyl/N-ethyl adjacent to an activating group) is 1. The first-order valence-corrected chi connectivity index (χ1v) is 14.2. The third-order valence-corrected chi connectivity index (χ3v) is 8.21. The Balaban J connectivity index is 1.19. The maximum Gasteiger partial charge on any atom is 0.119 e. The molecule has 196 valence electrons. The molecule has 1 heterocycles. The van der Waals surface area contributed by atoms with E-state index in [0.29, 0.717) is 5.92 Å². The summed E-state index contributed by atoms with van der Waals surface area (Å²) in [6.45, 7) is 8.56. The Morgan fingerprint density at radius 2 is 1.70 bits per heavy atom. The lowest BCUT2D eigenvalue weighted by Crippen LogP contribution is -2.27. The number of rotatable bonds is 11. The van der Waals surface area contributed by atoms with E-state index in [4.69, 9.17) is 9.47 Å². The minimum Gasteiger partial charge on any atom is -0.497 e. The molecule has 37 heavy (non-hydrogen) atoms. The van der Waals surface area contributed by atoms with E-state index in [2.05, 4.69) is 83.5 Å². The number of nitrogens with zero attached hydrogens (tertiary/aromatic N) is 2. The molecule has 3 aromatic rings. The van der Waals surface area contributed by atoms with Gasteiger partial charge in [0, 0.05) is 25.3 Å². The van der Waals surface area contributed by atoms with Crippen molar-refractivity contribution in [2.45, 2.75) is 51.4 Å². The van der Waals surface area contributed by atoms with Crippen molar-refractivity contribution in [2.75, 3.05) is 51.3 Å². The lowest BCUT2D eigenvalue weighted by atomic mass is 9.79. The molecule has 0 bridgehead atoms. The summed E-state index contributed by atoms with van der Waals surface area (Å²) in [5, 5.41) is 0. The number of hydrogen-bond acceptors (Lipinski definition) is 4. The molecule has 0 spiro atoms. The Bertz CT molecular complexity index is 1140. The van der Waals surface area contributed by atoms with Crippen LogP contribution >= 0.6 is 0 Å². The minimum atomic E-state index is 0.558. The van der Waals surface area contributed by atoms with Gasteiger partial charge in [-0.2, -0.15) is 0 Å². The summed E-state index contributed by atoms with van der Waals surface area (Å²) < 4.78 is 11.4. The van der Waals surface area contributed by atoms with E-state index in [9.17, 15) is 0 Å². The van der Waals surface area contributed by atoms with E-state index in [-0.39, 0.29) is 0 Å². The molecule has 1 atom stereocenters. The highest BCUT2D eigenvalue weighted by molar-refractivity contribution is 5.56. The molecular weight excluding hydrogens is 456 g/mol. The van der Waals surface area contributed by atoms with Crippen LogP contribution < -0.4 is 14.4 Å². The number of anilines is 1. The monoisotopic (exact) mass is 498 g/mol. The summed E-state index contributed by atoms with van der Waals surface area (Å²) in [4.78, 5) is 5.05. The maximum atomic E-state index is 6.00. The molecule has 1 saturated heterocycles. The Hall–Kier alpha value is -2.98. The zero-order valence-corrected chi connectivity index (χ0v) is 22.6. The summed E-state index contributed by atoms with van der Waals surface area (Å²) in [7, 11) is 1.75. The van der Waals surface area contributed by atoms with Crippen molar-refractivity contribution < 1.29 is 9.47 Å². The van der Waals surface area contributed by atoms with E-state index in [0.717, 1.165) is 57.0 Å². The molecule has 4 nitrogen and oxygen atoms in total. The van der Waals surface area contributed by atoms with Crippen LogP contribution in [0.3, 0.4) is 0 Å². The number of benzene rings is 3. The minimum absolute atomic E-state index is 0.558. The lowest BCUT2D eigenvalue weighted by molar-refractivity contribution is 0.238. The smallest absolute Gasteiger partial charge is 0.119 e. The molecule has 0 amide bonds. The summed E-state index contributed by atoms with van der Waals surface area (Å²) in [5.41, 5.74) is 7.17. The quantitative estimate of drug-likeness (QED) is 0.301. The van der Waals surface area contributed by atoms with E-state index in [1.54, 1.807) is 7.11 Å². The molecule has 0 radical (unpaired) electrons. The van der Waals surface area contributed by atoms with Gasteiger partial charge in [-0.15, -0.1) is 0 Å². The Kier molecular flexibility index (Phi) is 8.68. The van der Waals surface area contributed by atoms with Gasteiger partial charge in [-0.1, -0.05) is 36.4 Å². The summed E-state index contributed by atoms with van der Waals surface area (Å²) in [6, 6.07) is 24.4. The SMILES string of the molecule is CCN(CCc1ccc(OCCN2CCCC2)cc1)c1ccccc1C1CCc2cc(OC)ccc2C1. The van der Waals surface area contributed by atoms with Crippen LogP contribution in [0.25, 0.3) is 0 Å². The van der Waals surface area contributed by atoms with Gasteiger partial charge in [-0.25, -0.2) is 0 Å².